The van der Waals surface area contributed by atoms with Crippen molar-refractivity contribution < 1.29 is 19.1 Å². The van der Waals surface area contributed by atoms with Crippen LogP contribution in [0.25, 0.3) is 0 Å². The predicted molar refractivity (Wildman–Crippen MR) is 106 cm³/mol. The summed E-state index contributed by atoms with van der Waals surface area (Å²) < 4.78 is 14.5. The highest BCUT2D eigenvalue weighted by Crippen LogP contribution is 2.24. The van der Waals surface area contributed by atoms with E-state index in [9.17, 15) is 19.1 Å². The van der Waals surface area contributed by atoms with Crippen molar-refractivity contribution in [2.45, 2.75) is 32.4 Å². The van der Waals surface area contributed by atoms with Crippen LogP contribution in [0, 0.1) is 5.82 Å². The lowest BCUT2D eigenvalue weighted by atomic mass is 10.1. The Morgan fingerprint density at radius 1 is 1.14 bits per heavy atom. The summed E-state index contributed by atoms with van der Waals surface area (Å²) in [6.45, 7) is 2.88. The summed E-state index contributed by atoms with van der Waals surface area (Å²) in [6, 6.07) is 11.5. The van der Waals surface area contributed by atoms with Crippen LogP contribution in [0.15, 0.2) is 42.5 Å². The van der Waals surface area contributed by atoms with Crippen LogP contribution >= 0.6 is 0 Å². The van der Waals surface area contributed by atoms with Crippen LogP contribution in [0.2, 0.25) is 0 Å². The van der Waals surface area contributed by atoms with Crippen molar-refractivity contribution >= 4 is 23.2 Å². The normalized spacial score (nSPS) is 14.6. The minimum absolute atomic E-state index is 0.177. The number of halogens is 1. The number of nitrogens with zero attached hydrogens (tertiary/aromatic N) is 1. The Bertz CT molecular complexity index is 846. The zero-order valence-corrected chi connectivity index (χ0v) is 15.7. The lowest BCUT2D eigenvalue weighted by molar-refractivity contribution is -0.114. The molecule has 0 spiro atoms. The van der Waals surface area contributed by atoms with Gasteiger partial charge in [-0.2, -0.15) is 0 Å². The molecular weight excluding hydrogens is 361 g/mol. The van der Waals surface area contributed by atoms with Gasteiger partial charge in [0.25, 0.3) is 5.91 Å². The smallest absolute Gasteiger partial charge is 0.251 e. The summed E-state index contributed by atoms with van der Waals surface area (Å²) in [5, 5.41) is 15.0. The maximum Gasteiger partial charge on any atom is 0.251 e. The van der Waals surface area contributed by atoms with E-state index in [-0.39, 0.29) is 30.3 Å². The van der Waals surface area contributed by atoms with Crippen molar-refractivity contribution in [3.8, 4) is 0 Å². The zero-order valence-electron chi connectivity index (χ0n) is 15.7. The second-order valence-corrected chi connectivity index (χ2v) is 6.95. The molecule has 7 heteroatoms. The van der Waals surface area contributed by atoms with Crippen LogP contribution in [0.1, 0.15) is 35.7 Å². The summed E-state index contributed by atoms with van der Waals surface area (Å²) in [4.78, 5) is 25.2. The average molecular weight is 385 g/mol. The first kappa shape index (κ1) is 19.8. The first-order valence-electron chi connectivity index (χ1n) is 9.29. The number of aliphatic hydroxyl groups excluding tert-OH is 1. The van der Waals surface area contributed by atoms with Gasteiger partial charge >= 0.3 is 0 Å². The molecule has 0 aliphatic carbocycles. The van der Waals surface area contributed by atoms with Gasteiger partial charge in [-0.15, -0.1) is 0 Å². The molecule has 1 fully saturated rings. The van der Waals surface area contributed by atoms with E-state index in [2.05, 4.69) is 10.6 Å². The van der Waals surface area contributed by atoms with E-state index >= 15 is 0 Å². The molecule has 0 radical (unpaired) electrons. The molecule has 1 saturated heterocycles. The van der Waals surface area contributed by atoms with Crippen molar-refractivity contribution in [3.63, 3.8) is 0 Å². The fourth-order valence-corrected chi connectivity index (χ4v) is 3.22. The SMILES string of the molecule is CC(=O)Nc1ccc(C(=O)NCc2ccc(N3CCC(O)CC3)c(F)c2)cc1. The maximum absolute atomic E-state index is 14.5. The molecule has 0 bridgehead atoms. The maximum atomic E-state index is 14.5. The summed E-state index contributed by atoms with van der Waals surface area (Å²) in [5.41, 5.74) is 2.27. The summed E-state index contributed by atoms with van der Waals surface area (Å²) in [7, 11) is 0. The molecule has 3 N–H and O–H groups in total. The molecule has 28 heavy (non-hydrogen) atoms. The van der Waals surface area contributed by atoms with E-state index in [1.807, 2.05) is 4.90 Å². The first-order valence-corrected chi connectivity index (χ1v) is 9.29. The van der Waals surface area contributed by atoms with Crippen molar-refractivity contribution in [1.82, 2.24) is 5.32 Å². The number of hydrogen-bond donors (Lipinski definition) is 3. The summed E-state index contributed by atoms with van der Waals surface area (Å²) >= 11 is 0. The third kappa shape index (κ3) is 5.07. The van der Waals surface area contributed by atoms with Crippen molar-refractivity contribution in [3.05, 3.63) is 59.4 Å². The number of aliphatic hydroxyl groups is 1. The lowest BCUT2D eigenvalue weighted by Gasteiger charge is -2.31. The van der Waals surface area contributed by atoms with Gasteiger partial charge in [-0.05, 0) is 54.8 Å². The Kier molecular flexibility index (Phi) is 6.26. The van der Waals surface area contributed by atoms with Gasteiger partial charge in [0.15, 0.2) is 0 Å². The Morgan fingerprint density at radius 3 is 2.43 bits per heavy atom. The highest BCUT2D eigenvalue weighted by Gasteiger charge is 2.19. The number of rotatable bonds is 5. The van der Waals surface area contributed by atoms with Crippen LogP contribution < -0.4 is 15.5 Å². The van der Waals surface area contributed by atoms with Gasteiger partial charge in [0, 0.05) is 37.8 Å². The summed E-state index contributed by atoms with van der Waals surface area (Å²) in [5.74, 6) is -0.782. The highest BCUT2D eigenvalue weighted by molar-refractivity contribution is 5.95. The second kappa shape index (κ2) is 8.84. The largest absolute Gasteiger partial charge is 0.393 e. The Hall–Kier alpha value is -2.93. The predicted octanol–water partition coefficient (Wildman–Crippen LogP) is 2.68. The van der Waals surface area contributed by atoms with E-state index in [1.54, 1.807) is 36.4 Å². The molecule has 2 amide bonds. The van der Waals surface area contributed by atoms with Gasteiger partial charge in [0.1, 0.15) is 5.82 Å². The molecule has 148 valence electrons. The molecule has 6 nitrogen and oxygen atoms in total. The van der Waals surface area contributed by atoms with E-state index in [0.717, 1.165) is 0 Å². The topological polar surface area (TPSA) is 81.7 Å². The number of amides is 2. The van der Waals surface area contributed by atoms with E-state index in [1.165, 1.54) is 13.0 Å². The molecule has 0 unspecified atom stereocenters. The number of nitrogens with one attached hydrogen (secondary N) is 2. The van der Waals surface area contributed by atoms with Gasteiger partial charge in [-0.1, -0.05) is 6.07 Å². The molecule has 2 aromatic carbocycles. The van der Waals surface area contributed by atoms with Crippen molar-refractivity contribution in [2.75, 3.05) is 23.3 Å². The molecule has 1 aliphatic heterocycles. The molecular formula is C21H24FN3O3. The number of carbonyl (C=O) groups is 2. The van der Waals surface area contributed by atoms with Crippen molar-refractivity contribution in [2.24, 2.45) is 0 Å². The van der Waals surface area contributed by atoms with E-state index in [0.29, 0.717) is 48.4 Å². The number of anilines is 2. The molecule has 2 aromatic rings. The standard InChI is InChI=1S/C21H24FN3O3/c1-14(26)24-17-5-3-16(4-6-17)21(28)23-13-15-2-7-20(19(22)12-15)25-10-8-18(27)9-11-25/h2-7,12,18,27H,8-11,13H2,1H3,(H,23,28)(H,24,26). The minimum atomic E-state index is -0.331. The van der Waals surface area contributed by atoms with Gasteiger partial charge in [0.2, 0.25) is 5.91 Å². The third-order valence-corrected chi connectivity index (χ3v) is 4.74. The summed E-state index contributed by atoms with van der Waals surface area (Å²) in [6.07, 6.45) is 0.969. The average Bonchev–Trinajstić information content (AvgIpc) is 2.67. The Labute approximate surface area is 163 Å². The van der Waals surface area contributed by atoms with Crippen molar-refractivity contribution in [1.29, 1.82) is 0 Å². The molecule has 0 saturated carbocycles. The second-order valence-electron chi connectivity index (χ2n) is 6.95. The molecule has 1 heterocycles. The first-order chi connectivity index (χ1) is 13.4. The lowest BCUT2D eigenvalue weighted by Crippen LogP contribution is -2.36. The monoisotopic (exact) mass is 385 g/mol. The van der Waals surface area contributed by atoms with Crippen LogP contribution in [0.3, 0.4) is 0 Å². The van der Waals surface area contributed by atoms with Gasteiger partial charge in [-0.3, -0.25) is 9.59 Å². The van der Waals surface area contributed by atoms with Crippen LogP contribution in [0.4, 0.5) is 15.8 Å². The van der Waals surface area contributed by atoms with Gasteiger partial charge in [-0.25, -0.2) is 4.39 Å². The Morgan fingerprint density at radius 2 is 1.82 bits per heavy atom. The van der Waals surface area contributed by atoms with Gasteiger partial charge < -0.3 is 20.6 Å². The fraction of sp³-hybridized carbons (Fsp3) is 0.333. The number of carbonyl (C=O) groups excluding carboxylic acids is 2. The van der Waals surface area contributed by atoms with Crippen LogP contribution in [0.5, 0.6) is 0 Å². The zero-order chi connectivity index (χ0) is 20.1. The highest BCUT2D eigenvalue weighted by atomic mass is 19.1. The molecule has 0 aromatic heterocycles. The minimum Gasteiger partial charge on any atom is -0.393 e. The van der Waals surface area contributed by atoms with E-state index in [4.69, 9.17) is 0 Å². The van der Waals surface area contributed by atoms with E-state index < -0.39 is 0 Å². The molecule has 0 atom stereocenters. The Balaban J connectivity index is 1.57. The third-order valence-electron chi connectivity index (χ3n) is 4.74. The fourth-order valence-electron chi connectivity index (χ4n) is 3.22. The van der Waals surface area contributed by atoms with Crippen LogP contribution in [-0.4, -0.2) is 36.1 Å². The molecule has 1 aliphatic rings. The molecule has 3 rings (SSSR count). The quantitative estimate of drug-likeness (QED) is 0.739. The van der Waals surface area contributed by atoms with Gasteiger partial charge in [0.05, 0.1) is 11.8 Å². The number of hydrogen-bond acceptors (Lipinski definition) is 4. The number of piperidine rings is 1. The number of benzene rings is 2. The van der Waals surface area contributed by atoms with Crippen LogP contribution in [-0.2, 0) is 11.3 Å².